The maximum Gasteiger partial charge on any atom is 0.257 e. The summed E-state index contributed by atoms with van der Waals surface area (Å²) in [6, 6.07) is 12.3. The SMILES string of the molecule is COc1ccc(/C=C/c2nnc(NC(=O)c3ccc(Cl)c(Cl)c3)s2)cc1. The molecule has 0 saturated carbocycles. The normalized spacial score (nSPS) is 10.9. The van der Waals surface area contributed by atoms with Crippen molar-refractivity contribution in [2.45, 2.75) is 0 Å². The van der Waals surface area contributed by atoms with Gasteiger partial charge in [-0.2, -0.15) is 0 Å². The van der Waals surface area contributed by atoms with E-state index in [0.29, 0.717) is 25.7 Å². The van der Waals surface area contributed by atoms with Crippen LogP contribution in [0, 0.1) is 0 Å². The second-order valence-corrected chi connectivity index (χ2v) is 6.96. The van der Waals surface area contributed by atoms with Crippen LogP contribution in [0.3, 0.4) is 0 Å². The molecule has 0 aliphatic carbocycles. The molecule has 1 amide bonds. The molecule has 0 unspecified atom stereocenters. The van der Waals surface area contributed by atoms with Crippen molar-refractivity contribution < 1.29 is 9.53 Å². The van der Waals surface area contributed by atoms with E-state index in [1.165, 1.54) is 17.4 Å². The van der Waals surface area contributed by atoms with Gasteiger partial charge in [-0.25, -0.2) is 0 Å². The molecule has 26 heavy (non-hydrogen) atoms. The van der Waals surface area contributed by atoms with Crippen molar-refractivity contribution in [3.05, 3.63) is 68.6 Å². The molecule has 3 aromatic rings. The number of carbonyl (C=O) groups is 1. The molecule has 5 nitrogen and oxygen atoms in total. The van der Waals surface area contributed by atoms with Crippen LogP contribution in [0.1, 0.15) is 20.9 Å². The first-order valence-corrected chi connectivity index (χ1v) is 9.04. The molecule has 0 spiro atoms. The Bertz CT molecular complexity index is 955. The van der Waals surface area contributed by atoms with Crippen molar-refractivity contribution in [3.8, 4) is 5.75 Å². The summed E-state index contributed by atoms with van der Waals surface area (Å²) in [5.41, 5.74) is 1.40. The molecular formula is C18H13Cl2N3O2S. The first-order chi connectivity index (χ1) is 12.5. The summed E-state index contributed by atoms with van der Waals surface area (Å²) in [6.45, 7) is 0. The minimum atomic E-state index is -0.328. The molecule has 2 aromatic carbocycles. The Morgan fingerprint density at radius 1 is 1.08 bits per heavy atom. The Morgan fingerprint density at radius 3 is 2.54 bits per heavy atom. The quantitative estimate of drug-likeness (QED) is 0.627. The summed E-state index contributed by atoms with van der Waals surface area (Å²) in [5.74, 6) is 0.468. The zero-order valence-electron chi connectivity index (χ0n) is 13.6. The van der Waals surface area contributed by atoms with Gasteiger partial charge in [-0.3, -0.25) is 10.1 Å². The predicted molar refractivity (Wildman–Crippen MR) is 106 cm³/mol. The second-order valence-electron chi connectivity index (χ2n) is 5.13. The van der Waals surface area contributed by atoms with E-state index < -0.39 is 0 Å². The van der Waals surface area contributed by atoms with Crippen LogP contribution in [0.25, 0.3) is 12.2 Å². The summed E-state index contributed by atoms with van der Waals surface area (Å²) in [4.78, 5) is 12.2. The number of hydrogen-bond acceptors (Lipinski definition) is 5. The first kappa shape index (κ1) is 18.4. The van der Waals surface area contributed by atoms with Gasteiger partial charge in [0.2, 0.25) is 5.13 Å². The van der Waals surface area contributed by atoms with E-state index in [2.05, 4.69) is 15.5 Å². The number of methoxy groups -OCH3 is 1. The highest BCUT2D eigenvalue weighted by molar-refractivity contribution is 7.16. The average Bonchev–Trinajstić information content (AvgIpc) is 3.10. The van der Waals surface area contributed by atoms with Crippen molar-refractivity contribution in [2.24, 2.45) is 0 Å². The number of amides is 1. The maximum absolute atomic E-state index is 12.2. The van der Waals surface area contributed by atoms with Gasteiger partial charge >= 0.3 is 0 Å². The van der Waals surface area contributed by atoms with Gasteiger partial charge in [0, 0.05) is 5.56 Å². The Kier molecular flexibility index (Phi) is 5.88. The Hall–Kier alpha value is -2.41. The zero-order valence-corrected chi connectivity index (χ0v) is 15.9. The van der Waals surface area contributed by atoms with Crippen LogP contribution in [-0.2, 0) is 0 Å². The smallest absolute Gasteiger partial charge is 0.257 e. The van der Waals surface area contributed by atoms with Crippen LogP contribution >= 0.6 is 34.5 Å². The van der Waals surface area contributed by atoms with Gasteiger partial charge in [0.25, 0.3) is 5.91 Å². The molecule has 132 valence electrons. The Morgan fingerprint density at radius 2 is 1.85 bits per heavy atom. The lowest BCUT2D eigenvalue weighted by Gasteiger charge is -2.02. The van der Waals surface area contributed by atoms with Gasteiger partial charge in [-0.1, -0.05) is 52.7 Å². The number of ether oxygens (including phenoxy) is 1. The van der Waals surface area contributed by atoms with Crippen LogP contribution in [0.5, 0.6) is 5.75 Å². The van der Waals surface area contributed by atoms with Crippen molar-refractivity contribution in [1.82, 2.24) is 10.2 Å². The third-order valence-corrected chi connectivity index (χ3v) is 4.92. The standard InChI is InChI=1S/C18H13Cl2N3O2S/c1-25-13-6-2-11(3-7-13)4-9-16-22-23-18(26-16)21-17(24)12-5-8-14(19)15(20)10-12/h2-10H,1H3,(H,21,23,24)/b9-4+. The van der Waals surface area contributed by atoms with E-state index in [-0.39, 0.29) is 5.91 Å². The number of hydrogen-bond donors (Lipinski definition) is 1. The van der Waals surface area contributed by atoms with Crippen molar-refractivity contribution in [2.75, 3.05) is 12.4 Å². The topological polar surface area (TPSA) is 64.1 Å². The van der Waals surface area contributed by atoms with Gasteiger partial charge < -0.3 is 4.74 Å². The monoisotopic (exact) mass is 405 g/mol. The van der Waals surface area contributed by atoms with E-state index in [9.17, 15) is 4.79 Å². The summed E-state index contributed by atoms with van der Waals surface area (Å²) in [6.07, 6.45) is 3.73. The second kappa shape index (κ2) is 8.31. The molecule has 0 radical (unpaired) electrons. The molecule has 0 saturated heterocycles. The van der Waals surface area contributed by atoms with E-state index in [1.807, 2.05) is 36.4 Å². The number of rotatable bonds is 5. The largest absolute Gasteiger partial charge is 0.497 e. The number of carbonyl (C=O) groups excluding carboxylic acids is 1. The van der Waals surface area contributed by atoms with Gasteiger partial charge in [-0.05, 0) is 42.0 Å². The first-order valence-electron chi connectivity index (χ1n) is 7.47. The maximum atomic E-state index is 12.2. The molecular weight excluding hydrogens is 393 g/mol. The van der Waals surface area contributed by atoms with Crippen LogP contribution < -0.4 is 10.1 Å². The minimum Gasteiger partial charge on any atom is -0.497 e. The molecule has 0 bridgehead atoms. The molecule has 1 aromatic heterocycles. The zero-order chi connectivity index (χ0) is 18.5. The number of anilines is 1. The van der Waals surface area contributed by atoms with Crippen molar-refractivity contribution in [3.63, 3.8) is 0 Å². The highest BCUT2D eigenvalue weighted by Crippen LogP contribution is 2.24. The van der Waals surface area contributed by atoms with E-state index >= 15 is 0 Å². The van der Waals surface area contributed by atoms with Gasteiger partial charge in [0.15, 0.2) is 0 Å². The van der Waals surface area contributed by atoms with Crippen LogP contribution in [-0.4, -0.2) is 23.2 Å². The van der Waals surface area contributed by atoms with Crippen LogP contribution in [0.2, 0.25) is 10.0 Å². The molecule has 0 atom stereocenters. The highest BCUT2D eigenvalue weighted by Gasteiger charge is 2.11. The Labute approximate surface area is 164 Å². The molecule has 0 aliphatic heterocycles. The Balaban J connectivity index is 1.66. The molecule has 3 rings (SSSR count). The predicted octanol–water partition coefficient (Wildman–Crippen LogP) is 5.28. The molecule has 8 heteroatoms. The van der Waals surface area contributed by atoms with Crippen LogP contribution in [0.4, 0.5) is 5.13 Å². The van der Waals surface area contributed by atoms with Crippen LogP contribution in [0.15, 0.2) is 42.5 Å². The van der Waals surface area contributed by atoms with Crippen molar-refractivity contribution >= 4 is 57.7 Å². The molecule has 1 heterocycles. The summed E-state index contributed by atoms with van der Waals surface area (Å²) >= 11 is 13.0. The van der Waals surface area contributed by atoms with E-state index in [1.54, 1.807) is 19.2 Å². The highest BCUT2D eigenvalue weighted by atomic mass is 35.5. The lowest BCUT2D eigenvalue weighted by Crippen LogP contribution is -2.11. The third-order valence-electron chi connectivity index (χ3n) is 3.38. The average molecular weight is 406 g/mol. The lowest BCUT2D eigenvalue weighted by atomic mass is 10.2. The number of benzene rings is 2. The summed E-state index contributed by atoms with van der Waals surface area (Å²) < 4.78 is 5.12. The van der Waals surface area contributed by atoms with E-state index in [0.717, 1.165) is 11.3 Å². The van der Waals surface area contributed by atoms with E-state index in [4.69, 9.17) is 27.9 Å². The van der Waals surface area contributed by atoms with Gasteiger partial charge in [0.05, 0.1) is 17.2 Å². The number of nitrogens with one attached hydrogen (secondary N) is 1. The summed E-state index contributed by atoms with van der Waals surface area (Å²) in [5, 5.41) is 12.5. The number of aromatic nitrogens is 2. The lowest BCUT2D eigenvalue weighted by molar-refractivity contribution is 0.102. The summed E-state index contributed by atoms with van der Waals surface area (Å²) in [7, 11) is 1.62. The molecule has 1 N–H and O–H groups in total. The minimum absolute atomic E-state index is 0.319. The van der Waals surface area contributed by atoms with Crippen molar-refractivity contribution in [1.29, 1.82) is 0 Å². The third kappa shape index (κ3) is 4.60. The molecule has 0 fully saturated rings. The molecule has 0 aliphatic rings. The fourth-order valence-electron chi connectivity index (χ4n) is 2.04. The number of nitrogens with zero attached hydrogens (tertiary/aromatic N) is 2. The van der Waals surface area contributed by atoms with Gasteiger partial charge in [0.1, 0.15) is 10.8 Å². The fraction of sp³-hybridized carbons (Fsp3) is 0.0556. The fourth-order valence-corrected chi connectivity index (χ4v) is 2.98. The number of halogens is 2. The van der Waals surface area contributed by atoms with Gasteiger partial charge in [-0.15, -0.1) is 10.2 Å².